The van der Waals surface area contributed by atoms with Crippen molar-refractivity contribution in [2.75, 3.05) is 86.9 Å². The number of nitrogens with two attached hydrogens (primary N) is 14. The van der Waals surface area contributed by atoms with Crippen molar-refractivity contribution in [2.24, 2.45) is 66.5 Å². The molecular formula is C100H114N28O3. The Kier molecular flexibility index (Phi) is 39.9. The zero-order valence-electron chi connectivity index (χ0n) is 74.2. The molecule has 0 saturated heterocycles. The third-order valence-electron chi connectivity index (χ3n) is 18.8. The van der Waals surface area contributed by atoms with E-state index in [0.717, 1.165) is 179 Å². The van der Waals surface area contributed by atoms with Gasteiger partial charge in [0.05, 0.1) is 87.7 Å². The summed E-state index contributed by atoms with van der Waals surface area (Å²) in [5.41, 5.74) is 109. The summed E-state index contributed by atoms with van der Waals surface area (Å²) in [6, 6.07) is 88.9. The van der Waals surface area contributed by atoms with Crippen LogP contribution in [0.25, 0.3) is 0 Å². The summed E-state index contributed by atoms with van der Waals surface area (Å²) in [4.78, 5) is 12.0. The van der Waals surface area contributed by atoms with E-state index in [1.165, 1.54) is 0 Å². The van der Waals surface area contributed by atoms with Crippen molar-refractivity contribution in [3.8, 4) is 0 Å². The van der Waals surface area contributed by atoms with Gasteiger partial charge < -0.3 is 90.1 Å². The molecule has 1 amide bonds. The summed E-state index contributed by atoms with van der Waals surface area (Å²) in [7, 11) is 0. The molecule has 0 aromatic heterocycles. The number of nitrogens with one attached hydrogen (secondary N) is 1. The summed E-state index contributed by atoms with van der Waals surface area (Å²) in [5.74, 6) is -0.309. The Bertz CT molecular complexity index is 5580. The fourth-order valence-electron chi connectivity index (χ4n) is 11.7. The predicted molar refractivity (Wildman–Crippen MR) is 540 cm³/mol. The normalized spacial score (nSPS) is 10.9. The molecule has 14 rings (SSSR count). The van der Waals surface area contributed by atoms with Gasteiger partial charge in [0, 0.05) is 103 Å². The number of rotatable bonds is 24. The summed E-state index contributed by atoms with van der Waals surface area (Å²) >= 11 is 0. The molecule has 14 aromatic rings. The third-order valence-corrected chi connectivity index (χ3v) is 18.8. The van der Waals surface area contributed by atoms with Crippen LogP contribution in [0.4, 0.5) is 148 Å². The van der Waals surface area contributed by atoms with Gasteiger partial charge in [-0.3, -0.25) is 4.79 Å². The first-order valence-electron chi connectivity index (χ1n) is 41.9. The number of hydrogen-bond donors (Lipinski definition) is 16. The van der Waals surface area contributed by atoms with Crippen molar-refractivity contribution in [2.45, 2.75) is 86.9 Å². The molecule has 0 aliphatic heterocycles. The molecule has 0 unspecified atom stereocenters. The van der Waals surface area contributed by atoms with Crippen molar-refractivity contribution < 1.29 is 14.6 Å². The van der Waals surface area contributed by atoms with Crippen molar-refractivity contribution in [1.82, 2.24) is 5.43 Å². The topological polar surface area (TPSA) is 584 Å². The van der Waals surface area contributed by atoms with Crippen LogP contribution in [0.3, 0.4) is 0 Å². The van der Waals surface area contributed by atoms with Gasteiger partial charge >= 0.3 is 0 Å². The molecule has 0 heterocycles. The first-order chi connectivity index (χ1) is 63.2. The molecule has 0 fully saturated rings. The summed E-state index contributed by atoms with van der Waals surface area (Å²) in [6.07, 6.45) is 5.93. The number of hydrogen-bond acceptors (Lipinski definition) is 30. The Morgan fingerprint density at radius 3 is 0.786 bits per heavy atom. The molecule has 0 atom stereocenters. The maximum absolute atomic E-state index is 12.0. The quantitative estimate of drug-likeness (QED) is 0.0116. The van der Waals surface area contributed by atoms with Crippen molar-refractivity contribution in [3.05, 3.63) is 347 Å². The fourth-order valence-corrected chi connectivity index (χ4v) is 11.7. The first-order valence-corrected chi connectivity index (χ1v) is 41.9. The third kappa shape index (κ3) is 34.8. The van der Waals surface area contributed by atoms with Crippen LogP contribution in [-0.4, -0.2) is 23.8 Å². The molecule has 0 saturated carbocycles. The number of ether oxygens (including phenoxy) is 1. The molecule has 672 valence electrons. The van der Waals surface area contributed by atoms with E-state index in [4.69, 9.17) is 85.0 Å². The minimum absolute atomic E-state index is 0.124. The van der Waals surface area contributed by atoms with Gasteiger partial charge in [-0.15, -0.1) is 0 Å². The van der Waals surface area contributed by atoms with Gasteiger partial charge in [-0.1, -0.05) is 46.8 Å². The van der Waals surface area contributed by atoms with Crippen LogP contribution in [0.5, 0.6) is 0 Å². The highest BCUT2D eigenvalue weighted by Crippen LogP contribution is 2.33. The lowest BCUT2D eigenvalue weighted by molar-refractivity contribution is 0.0955. The molecule has 0 bridgehead atoms. The molecule has 14 aromatic carbocycles. The van der Waals surface area contributed by atoms with Gasteiger partial charge in [-0.2, -0.15) is 66.5 Å². The standard InChI is InChI=1S/C17H20N4O2.5C14H16N4.C13H14N4O/c1-2-23-11-13-5-8-16(19)9-14(13)10-20-21-17(22)12-3-6-15(18)7-4-12;4*1-2-10-9-12(16)5-8-14(10)18-17-13-6-3-11(15)4-7-13;1-2-10-8-12(16)6-7-14(10)18-17-13-5-3-4-11(15)9-13;14-10-1-4-12(5-2-10)16-17-13-6-3-11(15)7-9(13)8-18/h3-10H,2,11,18-19H2,1H3,(H,21,22);5*3-9H,2,15-16H2,1H3;1-7,18H,8,14-15H2/b20-10+;;;;;;. The number of amides is 1. The number of aliphatic hydroxyl groups is 1. The first kappa shape index (κ1) is 99.4. The Hall–Kier alpha value is -17.1. The van der Waals surface area contributed by atoms with E-state index in [9.17, 15) is 9.90 Å². The lowest BCUT2D eigenvalue weighted by atomic mass is 10.1. The zero-order chi connectivity index (χ0) is 94.4. The van der Waals surface area contributed by atoms with Gasteiger partial charge in [0.2, 0.25) is 0 Å². The van der Waals surface area contributed by atoms with Crippen LogP contribution in [0.1, 0.15) is 96.4 Å². The highest BCUT2D eigenvalue weighted by atomic mass is 16.5. The van der Waals surface area contributed by atoms with Crippen LogP contribution in [-0.2, 0) is 50.1 Å². The lowest BCUT2D eigenvalue weighted by Crippen LogP contribution is -2.17. The average molecular weight is 1760 g/mol. The SMILES string of the molecule is CCOCc1ccc(N)cc1/C=N/NC(=O)c1ccc(N)cc1.CCc1cc(N)ccc1N=Nc1ccc(N)cc1.CCc1cc(N)ccc1N=Nc1ccc(N)cc1.CCc1cc(N)ccc1N=Nc1ccc(N)cc1.CCc1cc(N)ccc1N=Nc1ccc(N)cc1.CCc1cc(N)ccc1N=Nc1cccc(N)c1.Nc1ccc(N=Nc2ccc(N)cc2CO)cc1. The number of anilines is 14. The van der Waals surface area contributed by atoms with E-state index in [-0.39, 0.29) is 12.5 Å². The maximum Gasteiger partial charge on any atom is 0.271 e. The van der Waals surface area contributed by atoms with Gasteiger partial charge in [0.15, 0.2) is 0 Å². The number of aliphatic hydroxyl groups excluding tert-OH is 1. The van der Waals surface area contributed by atoms with Gasteiger partial charge in [0.25, 0.3) is 5.91 Å². The van der Waals surface area contributed by atoms with Crippen LogP contribution < -0.4 is 85.7 Å². The van der Waals surface area contributed by atoms with Crippen molar-refractivity contribution in [3.63, 3.8) is 0 Å². The second-order valence-electron chi connectivity index (χ2n) is 28.9. The minimum Gasteiger partial charge on any atom is -0.399 e. The fraction of sp³-hybridized carbons (Fsp3) is 0.140. The number of nitrogen functional groups attached to an aromatic ring is 14. The molecule has 31 nitrogen and oxygen atoms in total. The van der Waals surface area contributed by atoms with Crippen molar-refractivity contribution >= 4 is 160 Å². The number of carbonyl (C=O) groups excluding carboxylic acids is 1. The molecule has 31 heteroatoms. The smallest absolute Gasteiger partial charge is 0.271 e. The Labute approximate surface area is 763 Å². The van der Waals surface area contributed by atoms with Crippen LogP contribution in [0.15, 0.2) is 364 Å². The molecule has 0 aliphatic carbocycles. The van der Waals surface area contributed by atoms with Crippen LogP contribution in [0, 0.1) is 0 Å². The minimum atomic E-state index is -0.309. The van der Waals surface area contributed by atoms with E-state index in [1.54, 1.807) is 140 Å². The van der Waals surface area contributed by atoms with Gasteiger partial charge in [-0.25, -0.2) is 5.43 Å². The largest absolute Gasteiger partial charge is 0.399 e. The van der Waals surface area contributed by atoms with E-state index in [1.807, 2.05) is 171 Å². The Morgan fingerprint density at radius 1 is 0.267 bits per heavy atom. The van der Waals surface area contributed by atoms with Gasteiger partial charge in [-0.05, 0) is 358 Å². The average Bonchev–Trinajstić information content (AvgIpc) is 0.883. The van der Waals surface area contributed by atoms with E-state index >= 15 is 0 Å². The number of carbonyl (C=O) groups is 1. The van der Waals surface area contributed by atoms with Crippen LogP contribution >= 0.6 is 0 Å². The summed E-state index contributed by atoms with van der Waals surface area (Å²) in [5, 5.41) is 63.5. The second-order valence-corrected chi connectivity index (χ2v) is 28.9. The monoisotopic (exact) mass is 1750 g/mol. The van der Waals surface area contributed by atoms with Crippen molar-refractivity contribution in [1.29, 1.82) is 0 Å². The van der Waals surface area contributed by atoms with E-state index < -0.39 is 0 Å². The summed E-state index contributed by atoms with van der Waals surface area (Å²) < 4.78 is 5.41. The number of benzene rings is 14. The zero-order valence-corrected chi connectivity index (χ0v) is 74.2. The number of aryl methyl sites for hydroxylation is 5. The lowest BCUT2D eigenvalue weighted by Gasteiger charge is -2.07. The molecule has 0 spiro atoms. The number of nitrogens with zero attached hydrogens (tertiary/aromatic N) is 13. The predicted octanol–water partition coefficient (Wildman–Crippen LogP) is 24.1. The molecular weight excluding hydrogens is 1640 g/mol. The highest BCUT2D eigenvalue weighted by molar-refractivity contribution is 5.95. The maximum atomic E-state index is 12.0. The molecule has 30 N–H and O–H groups in total. The highest BCUT2D eigenvalue weighted by Gasteiger charge is 2.10. The Balaban J connectivity index is 0.000000189. The summed E-state index contributed by atoms with van der Waals surface area (Å²) in [6.45, 7) is 13.2. The Morgan fingerprint density at radius 2 is 0.511 bits per heavy atom. The van der Waals surface area contributed by atoms with Gasteiger partial charge in [0.1, 0.15) is 0 Å². The second kappa shape index (κ2) is 52.7. The number of hydrazone groups is 1. The van der Waals surface area contributed by atoms with E-state index in [0.29, 0.717) is 64.2 Å². The van der Waals surface area contributed by atoms with Crippen LogP contribution in [0.2, 0.25) is 0 Å². The van der Waals surface area contributed by atoms with E-state index in [2.05, 4.69) is 107 Å². The number of azo groups is 6. The molecule has 0 radical (unpaired) electrons. The molecule has 0 aliphatic rings. The molecule has 131 heavy (non-hydrogen) atoms.